The number of aliphatic hydroxyl groups is 1. The van der Waals surface area contributed by atoms with E-state index in [0.717, 1.165) is 6.54 Å². The lowest BCUT2D eigenvalue weighted by Crippen LogP contribution is -2.25. The third-order valence-electron chi connectivity index (χ3n) is 5.45. The summed E-state index contributed by atoms with van der Waals surface area (Å²) < 4.78 is 30.7. The fourth-order valence-corrected chi connectivity index (χ4v) is 5.68. The van der Waals surface area contributed by atoms with Gasteiger partial charge in [0, 0.05) is 18.2 Å². The Bertz CT molecular complexity index is 1380. The van der Waals surface area contributed by atoms with Crippen LogP contribution in [0.4, 0.5) is 5.13 Å². The van der Waals surface area contributed by atoms with Crippen molar-refractivity contribution in [3.63, 3.8) is 0 Å². The summed E-state index contributed by atoms with van der Waals surface area (Å²) in [7, 11) is 0.540. The predicted molar refractivity (Wildman–Crippen MR) is 141 cm³/mol. The van der Waals surface area contributed by atoms with Crippen LogP contribution in [0.5, 0.6) is 5.88 Å². The van der Waals surface area contributed by atoms with E-state index in [-0.39, 0.29) is 22.5 Å². The van der Waals surface area contributed by atoms with Gasteiger partial charge in [-0.05, 0) is 52.1 Å². The number of carbonyl (C=O) groups is 1. The summed E-state index contributed by atoms with van der Waals surface area (Å²) in [5.74, 6) is -0.143. The molecule has 1 aliphatic carbocycles. The number of anilines is 1. The Morgan fingerprint density at radius 3 is 2.59 bits per heavy atom. The molecule has 2 aromatic heterocycles. The largest absolute Gasteiger partial charge is 0.476 e. The molecule has 11 nitrogen and oxygen atoms in total. The molecule has 0 saturated heterocycles. The Kier molecular flexibility index (Phi) is 8.37. The third kappa shape index (κ3) is 6.80. The van der Waals surface area contributed by atoms with Crippen molar-refractivity contribution in [3.05, 3.63) is 42.0 Å². The first-order chi connectivity index (χ1) is 17.7. The molecule has 0 spiro atoms. The Labute approximate surface area is 219 Å². The highest BCUT2D eigenvalue weighted by Crippen LogP contribution is 2.33. The van der Waals surface area contributed by atoms with Crippen LogP contribution in [0.2, 0.25) is 0 Å². The van der Waals surface area contributed by atoms with Gasteiger partial charge in [-0.25, -0.2) is 18.4 Å². The van der Waals surface area contributed by atoms with Gasteiger partial charge in [-0.3, -0.25) is 10.1 Å². The number of rotatable bonds is 12. The van der Waals surface area contributed by atoms with Crippen molar-refractivity contribution < 1.29 is 27.9 Å². The van der Waals surface area contributed by atoms with E-state index in [1.807, 2.05) is 19.0 Å². The topological polar surface area (TPSA) is 143 Å². The summed E-state index contributed by atoms with van der Waals surface area (Å²) in [6, 6.07) is 9.42. The van der Waals surface area contributed by atoms with Crippen LogP contribution in [0.15, 0.2) is 46.4 Å². The number of aliphatic hydroxyl groups excluding tert-OH is 1. The number of hydrogen-bond donors (Lipinski definition) is 2. The molecule has 1 saturated carbocycles. The third-order valence-corrected chi connectivity index (χ3v) is 8.61. The van der Waals surface area contributed by atoms with Crippen molar-refractivity contribution in [2.75, 3.05) is 39.2 Å². The molecule has 1 aromatic carbocycles. The number of amides is 1. The van der Waals surface area contributed by atoms with Gasteiger partial charge in [-0.15, -0.1) is 0 Å². The Hall–Kier alpha value is -3.13. The van der Waals surface area contributed by atoms with E-state index in [1.165, 1.54) is 35.6 Å². The average Bonchev–Trinajstić information content (AvgIpc) is 3.65. The van der Waals surface area contributed by atoms with E-state index >= 15 is 0 Å². The van der Waals surface area contributed by atoms with Gasteiger partial charge in [-0.2, -0.15) is 0 Å². The predicted octanol–water partition coefficient (Wildman–Crippen LogP) is 2.31. The molecule has 0 radical (unpaired) electrons. The maximum atomic E-state index is 13.2. The second-order valence-electron chi connectivity index (χ2n) is 8.91. The standard InChI is InChI=1S/C24H29N5O6S2/c1-15(14-30)35-28-21(16-4-6-17(7-5-16)37(32,33)18-8-9-18)22(31)27-24-25-19-10-11-20(26-23(19)36-24)34-13-12-29(2)3/h4-7,10-11,15,18,30H,8-9,12-14H2,1-3H3,(H,25,27,31)/t15-/m1/s1. The highest BCUT2D eigenvalue weighted by molar-refractivity contribution is 7.92. The second-order valence-corrected chi connectivity index (χ2v) is 12.1. The summed E-state index contributed by atoms with van der Waals surface area (Å²) in [4.78, 5) is 30.1. The number of hydrogen-bond acceptors (Lipinski definition) is 11. The minimum Gasteiger partial charge on any atom is -0.476 e. The molecule has 3 aromatic rings. The molecule has 1 fully saturated rings. The normalized spacial score (nSPS) is 15.1. The van der Waals surface area contributed by atoms with E-state index in [9.17, 15) is 18.3 Å². The van der Waals surface area contributed by atoms with Gasteiger partial charge in [-0.1, -0.05) is 28.6 Å². The first-order valence-electron chi connectivity index (χ1n) is 11.7. The van der Waals surface area contributed by atoms with E-state index < -0.39 is 21.8 Å². The van der Waals surface area contributed by atoms with Crippen LogP contribution in [0.1, 0.15) is 25.3 Å². The van der Waals surface area contributed by atoms with Gasteiger partial charge in [0.25, 0.3) is 5.91 Å². The molecule has 0 aliphatic heterocycles. The van der Waals surface area contributed by atoms with Crippen LogP contribution < -0.4 is 10.1 Å². The second kappa shape index (κ2) is 11.5. The summed E-state index contributed by atoms with van der Waals surface area (Å²) >= 11 is 1.18. The molecule has 0 bridgehead atoms. The van der Waals surface area contributed by atoms with E-state index in [1.54, 1.807) is 19.1 Å². The number of fused-ring (bicyclic) bond motifs is 1. The van der Waals surface area contributed by atoms with E-state index in [2.05, 4.69) is 20.4 Å². The molecule has 1 atom stereocenters. The lowest BCUT2D eigenvalue weighted by atomic mass is 10.1. The average molecular weight is 548 g/mol. The fourth-order valence-electron chi connectivity index (χ4n) is 3.20. The minimum absolute atomic E-state index is 0.0874. The van der Waals surface area contributed by atoms with Gasteiger partial charge < -0.3 is 19.6 Å². The fraction of sp³-hybridized carbons (Fsp3) is 0.417. The first kappa shape index (κ1) is 26.9. The lowest BCUT2D eigenvalue weighted by Gasteiger charge is -2.10. The van der Waals surface area contributed by atoms with Crippen molar-refractivity contribution in [2.45, 2.75) is 36.0 Å². The zero-order chi connectivity index (χ0) is 26.6. The van der Waals surface area contributed by atoms with Gasteiger partial charge in [0.05, 0.1) is 16.8 Å². The maximum absolute atomic E-state index is 13.2. The Balaban J connectivity index is 1.53. The number of benzene rings is 1. The minimum atomic E-state index is -3.37. The summed E-state index contributed by atoms with van der Waals surface area (Å²) in [5, 5.41) is 15.9. The zero-order valence-electron chi connectivity index (χ0n) is 20.7. The summed E-state index contributed by atoms with van der Waals surface area (Å²) in [6.07, 6.45) is 0.675. The highest BCUT2D eigenvalue weighted by atomic mass is 32.2. The van der Waals surface area contributed by atoms with Crippen LogP contribution in [-0.4, -0.2) is 85.2 Å². The number of likely N-dealkylation sites (N-methyl/N-ethyl adjacent to an activating group) is 1. The van der Waals surface area contributed by atoms with Crippen LogP contribution in [0.3, 0.4) is 0 Å². The first-order valence-corrected chi connectivity index (χ1v) is 14.1. The summed E-state index contributed by atoms with van der Waals surface area (Å²) in [5.41, 5.74) is 0.863. The Morgan fingerprint density at radius 1 is 1.22 bits per heavy atom. The van der Waals surface area contributed by atoms with Crippen molar-refractivity contribution in [2.24, 2.45) is 5.16 Å². The van der Waals surface area contributed by atoms with Crippen LogP contribution in [0.25, 0.3) is 10.3 Å². The zero-order valence-corrected chi connectivity index (χ0v) is 22.4. The molecular formula is C24H29N5O6S2. The molecule has 13 heteroatoms. The van der Waals surface area contributed by atoms with Crippen LogP contribution >= 0.6 is 11.3 Å². The number of nitrogens with zero attached hydrogens (tertiary/aromatic N) is 4. The molecule has 0 unspecified atom stereocenters. The van der Waals surface area contributed by atoms with Crippen molar-refractivity contribution in [3.8, 4) is 5.88 Å². The van der Waals surface area contributed by atoms with Gasteiger partial charge in [0.2, 0.25) is 5.88 Å². The number of ether oxygens (including phenoxy) is 1. The van der Waals surface area contributed by atoms with Gasteiger partial charge in [0.15, 0.2) is 20.7 Å². The molecular weight excluding hydrogens is 518 g/mol. The van der Waals surface area contributed by atoms with Crippen molar-refractivity contribution in [1.82, 2.24) is 14.9 Å². The molecule has 37 heavy (non-hydrogen) atoms. The number of aromatic nitrogens is 2. The van der Waals surface area contributed by atoms with Gasteiger partial charge in [0.1, 0.15) is 23.1 Å². The monoisotopic (exact) mass is 547 g/mol. The molecule has 1 amide bonds. The molecule has 2 heterocycles. The highest BCUT2D eigenvalue weighted by Gasteiger charge is 2.36. The lowest BCUT2D eigenvalue weighted by molar-refractivity contribution is -0.110. The number of thiazole rings is 1. The number of oxime groups is 1. The SMILES string of the molecule is C[C@H](CO)ON=C(C(=O)Nc1nc2ccc(OCCN(C)C)nc2s1)c1ccc(S(=O)(=O)C2CC2)cc1. The number of sulfone groups is 1. The Morgan fingerprint density at radius 2 is 1.95 bits per heavy atom. The van der Waals surface area contributed by atoms with Crippen LogP contribution in [0, 0.1) is 0 Å². The number of nitrogens with one attached hydrogen (secondary N) is 1. The number of pyridine rings is 1. The van der Waals surface area contributed by atoms with Crippen molar-refractivity contribution >= 4 is 48.3 Å². The smallest absolute Gasteiger partial charge is 0.280 e. The number of carbonyl (C=O) groups excluding carboxylic acids is 1. The summed E-state index contributed by atoms with van der Waals surface area (Å²) in [6.45, 7) is 2.54. The van der Waals surface area contributed by atoms with E-state index in [4.69, 9.17) is 9.57 Å². The molecule has 4 rings (SSSR count). The van der Waals surface area contributed by atoms with E-state index in [0.29, 0.717) is 46.4 Å². The maximum Gasteiger partial charge on any atom is 0.280 e. The molecule has 1 aliphatic rings. The van der Waals surface area contributed by atoms with Crippen LogP contribution in [-0.2, 0) is 19.5 Å². The molecule has 2 N–H and O–H groups in total. The quantitative estimate of drug-likeness (QED) is 0.258. The van der Waals surface area contributed by atoms with Crippen molar-refractivity contribution in [1.29, 1.82) is 0 Å². The molecule has 198 valence electrons. The van der Waals surface area contributed by atoms with Gasteiger partial charge >= 0.3 is 0 Å².